The molecule has 1 aliphatic rings. The fraction of sp³-hybridized carbons (Fsp3) is 0.273. The molecule has 30 heavy (non-hydrogen) atoms. The van der Waals surface area contributed by atoms with Gasteiger partial charge in [0, 0.05) is 19.3 Å². The van der Waals surface area contributed by atoms with Crippen molar-refractivity contribution in [2.75, 3.05) is 13.1 Å². The Labute approximate surface area is 175 Å². The highest BCUT2D eigenvalue weighted by Gasteiger charge is 2.33. The molecule has 2 aromatic carbocycles. The van der Waals surface area contributed by atoms with Crippen LogP contribution in [0.25, 0.3) is 21.9 Å². The Morgan fingerprint density at radius 3 is 2.50 bits per heavy atom. The van der Waals surface area contributed by atoms with E-state index < -0.39 is 22.3 Å². The van der Waals surface area contributed by atoms with E-state index in [-0.39, 0.29) is 23.4 Å². The number of carbonyl (C=O) groups is 1. The first-order chi connectivity index (χ1) is 14.3. The number of pyridine rings is 1. The lowest BCUT2D eigenvalue weighted by molar-refractivity contribution is -0.137. The van der Waals surface area contributed by atoms with Gasteiger partial charge in [-0.2, -0.15) is 13.2 Å². The average Bonchev–Trinajstić information content (AvgIpc) is 3.24. The molecule has 0 saturated carbocycles. The predicted octanol–water partition coefficient (Wildman–Crippen LogP) is 4.96. The number of halogens is 4. The van der Waals surface area contributed by atoms with Crippen molar-refractivity contribution in [1.82, 2.24) is 9.47 Å². The van der Waals surface area contributed by atoms with Gasteiger partial charge in [0.2, 0.25) is 5.91 Å². The standard InChI is InChI=1S/C22H18ClF3N2O2/c23-18-7-6-15(12-17(18)22(24,25)26)16-5-3-4-14-8-11-28(21(30)20(14)16)13-19(29)27-9-1-2-10-27/h3-8,11-12H,1-2,9-10,13H2. The summed E-state index contributed by atoms with van der Waals surface area (Å²) in [5.41, 5.74) is -0.779. The SMILES string of the molecule is O=C(Cn1ccc2cccc(-c3ccc(Cl)c(C(F)(F)F)c3)c2c1=O)N1CCCC1. The largest absolute Gasteiger partial charge is 0.417 e. The maximum Gasteiger partial charge on any atom is 0.417 e. The Bertz CT molecular complexity index is 1180. The number of nitrogens with zero attached hydrogens (tertiary/aromatic N) is 2. The molecular formula is C22H18ClF3N2O2. The van der Waals surface area contributed by atoms with Gasteiger partial charge in [-0.25, -0.2) is 0 Å². The van der Waals surface area contributed by atoms with E-state index in [9.17, 15) is 22.8 Å². The van der Waals surface area contributed by atoms with Crippen LogP contribution in [-0.4, -0.2) is 28.5 Å². The highest BCUT2D eigenvalue weighted by Crippen LogP contribution is 2.38. The van der Waals surface area contributed by atoms with Gasteiger partial charge in [0.05, 0.1) is 16.0 Å². The van der Waals surface area contributed by atoms with Crippen LogP contribution in [0.2, 0.25) is 5.02 Å². The molecule has 3 aromatic rings. The van der Waals surface area contributed by atoms with Crippen molar-refractivity contribution < 1.29 is 18.0 Å². The molecular weight excluding hydrogens is 417 g/mol. The van der Waals surface area contributed by atoms with E-state index in [1.54, 1.807) is 35.4 Å². The van der Waals surface area contributed by atoms with E-state index in [2.05, 4.69) is 0 Å². The number of hydrogen-bond donors (Lipinski definition) is 0. The third-order valence-electron chi connectivity index (χ3n) is 5.35. The van der Waals surface area contributed by atoms with Crippen molar-refractivity contribution in [1.29, 1.82) is 0 Å². The smallest absolute Gasteiger partial charge is 0.341 e. The summed E-state index contributed by atoms with van der Waals surface area (Å²) >= 11 is 5.73. The van der Waals surface area contributed by atoms with E-state index >= 15 is 0 Å². The maximum absolute atomic E-state index is 13.3. The monoisotopic (exact) mass is 434 g/mol. The fourth-order valence-electron chi connectivity index (χ4n) is 3.82. The molecule has 0 bridgehead atoms. The van der Waals surface area contributed by atoms with Crippen molar-refractivity contribution in [3.05, 3.63) is 69.6 Å². The average molecular weight is 435 g/mol. The van der Waals surface area contributed by atoms with Crippen molar-refractivity contribution in [2.45, 2.75) is 25.6 Å². The van der Waals surface area contributed by atoms with Crippen LogP contribution in [0.1, 0.15) is 18.4 Å². The molecule has 0 radical (unpaired) electrons. The van der Waals surface area contributed by atoms with Gasteiger partial charge in [0.1, 0.15) is 6.54 Å². The molecule has 1 fully saturated rings. The van der Waals surface area contributed by atoms with Gasteiger partial charge in [-0.1, -0.05) is 35.9 Å². The molecule has 2 heterocycles. The van der Waals surface area contributed by atoms with Crippen LogP contribution in [0, 0.1) is 0 Å². The molecule has 1 saturated heterocycles. The van der Waals surface area contributed by atoms with Gasteiger partial charge >= 0.3 is 6.18 Å². The van der Waals surface area contributed by atoms with Crippen molar-refractivity contribution in [3.63, 3.8) is 0 Å². The first-order valence-corrected chi connectivity index (χ1v) is 9.90. The second-order valence-electron chi connectivity index (χ2n) is 7.30. The van der Waals surface area contributed by atoms with Gasteiger partial charge < -0.3 is 9.47 Å². The minimum atomic E-state index is -4.61. The lowest BCUT2D eigenvalue weighted by atomic mass is 9.97. The Morgan fingerprint density at radius 1 is 1.07 bits per heavy atom. The number of hydrogen-bond acceptors (Lipinski definition) is 2. The van der Waals surface area contributed by atoms with Crippen molar-refractivity contribution in [3.8, 4) is 11.1 Å². The van der Waals surface area contributed by atoms with Gasteiger partial charge in [0.25, 0.3) is 5.56 Å². The highest BCUT2D eigenvalue weighted by molar-refractivity contribution is 6.31. The molecule has 0 unspecified atom stereocenters. The predicted molar refractivity (Wildman–Crippen MR) is 109 cm³/mol. The molecule has 0 N–H and O–H groups in total. The van der Waals surface area contributed by atoms with Gasteiger partial charge in [0.15, 0.2) is 0 Å². The summed E-state index contributed by atoms with van der Waals surface area (Å²) in [5.74, 6) is -0.141. The number of aromatic nitrogens is 1. The van der Waals surface area contributed by atoms with Crippen LogP contribution in [0.15, 0.2) is 53.5 Å². The minimum absolute atomic E-state index is 0.0997. The van der Waals surface area contributed by atoms with Crippen LogP contribution in [0.3, 0.4) is 0 Å². The molecule has 4 nitrogen and oxygen atoms in total. The van der Waals surface area contributed by atoms with Crippen molar-refractivity contribution >= 4 is 28.3 Å². The lowest BCUT2D eigenvalue weighted by Crippen LogP contribution is -2.34. The molecule has 4 rings (SSSR count). The number of likely N-dealkylation sites (tertiary alicyclic amines) is 1. The quantitative estimate of drug-likeness (QED) is 0.584. The molecule has 0 atom stereocenters. The summed E-state index contributed by atoms with van der Waals surface area (Å²) < 4.78 is 41.2. The van der Waals surface area contributed by atoms with Crippen LogP contribution in [-0.2, 0) is 17.5 Å². The Hall–Kier alpha value is -2.80. The van der Waals surface area contributed by atoms with Crippen LogP contribution in [0.4, 0.5) is 13.2 Å². The van der Waals surface area contributed by atoms with Crippen LogP contribution >= 0.6 is 11.6 Å². The number of rotatable bonds is 3. The number of carbonyl (C=O) groups excluding carboxylic acids is 1. The van der Waals surface area contributed by atoms with Crippen LogP contribution < -0.4 is 5.56 Å². The molecule has 8 heteroatoms. The summed E-state index contributed by atoms with van der Waals surface area (Å²) in [6.45, 7) is 1.26. The van der Waals surface area contributed by atoms with Gasteiger partial charge in [-0.3, -0.25) is 9.59 Å². The first kappa shape index (κ1) is 20.5. The molecule has 0 aliphatic carbocycles. The van der Waals surface area contributed by atoms with Crippen molar-refractivity contribution in [2.24, 2.45) is 0 Å². The number of alkyl halides is 3. The topological polar surface area (TPSA) is 42.3 Å². The molecule has 1 aromatic heterocycles. The zero-order chi connectivity index (χ0) is 21.5. The number of fused-ring (bicyclic) bond motifs is 1. The van der Waals surface area contributed by atoms with Crippen LogP contribution in [0.5, 0.6) is 0 Å². The Kier molecular flexibility index (Phi) is 5.32. The minimum Gasteiger partial charge on any atom is -0.341 e. The Balaban J connectivity index is 1.82. The van der Waals surface area contributed by atoms with E-state index in [1.165, 1.54) is 16.7 Å². The van der Waals surface area contributed by atoms with E-state index in [1.807, 2.05) is 0 Å². The summed E-state index contributed by atoms with van der Waals surface area (Å²) in [4.78, 5) is 27.4. The maximum atomic E-state index is 13.3. The normalized spacial score (nSPS) is 14.5. The fourth-order valence-corrected chi connectivity index (χ4v) is 4.04. The van der Waals surface area contributed by atoms with E-state index in [0.29, 0.717) is 24.0 Å². The van der Waals surface area contributed by atoms with E-state index in [4.69, 9.17) is 11.6 Å². The zero-order valence-electron chi connectivity index (χ0n) is 15.9. The number of benzene rings is 2. The second-order valence-corrected chi connectivity index (χ2v) is 7.71. The summed E-state index contributed by atoms with van der Waals surface area (Å²) in [5, 5.41) is 0.454. The number of amides is 1. The molecule has 156 valence electrons. The second kappa shape index (κ2) is 7.80. The zero-order valence-corrected chi connectivity index (χ0v) is 16.6. The molecule has 0 spiro atoms. The summed E-state index contributed by atoms with van der Waals surface area (Å²) in [7, 11) is 0. The summed E-state index contributed by atoms with van der Waals surface area (Å²) in [6.07, 6.45) is -1.17. The molecule has 1 amide bonds. The van der Waals surface area contributed by atoms with Gasteiger partial charge in [-0.15, -0.1) is 0 Å². The third kappa shape index (κ3) is 3.81. The Morgan fingerprint density at radius 2 is 1.80 bits per heavy atom. The lowest BCUT2D eigenvalue weighted by Gasteiger charge is -2.17. The molecule has 1 aliphatic heterocycles. The van der Waals surface area contributed by atoms with Gasteiger partial charge in [-0.05, 0) is 47.6 Å². The first-order valence-electron chi connectivity index (χ1n) is 9.53. The van der Waals surface area contributed by atoms with E-state index in [0.717, 1.165) is 18.9 Å². The third-order valence-corrected chi connectivity index (χ3v) is 5.68. The summed E-state index contributed by atoms with van der Waals surface area (Å²) in [6, 6.07) is 10.3. The highest BCUT2D eigenvalue weighted by atomic mass is 35.5.